The van der Waals surface area contributed by atoms with Crippen molar-refractivity contribution >= 4 is 5.91 Å². The summed E-state index contributed by atoms with van der Waals surface area (Å²) in [6.07, 6.45) is 3.62. The van der Waals surface area contributed by atoms with E-state index in [0.717, 1.165) is 37.8 Å². The number of benzene rings is 1. The van der Waals surface area contributed by atoms with Gasteiger partial charge in [-0.05, 0) is 50.3 Å². The van der Waals surface area contributed by atoms with Gasteiger partial charge in [-0.25, -0.2) is 4.39 Å². The fraction of sp³-hybridized carbons (Fsp3) is 0.588. The van der Waals surface area contributed by atoms with Gasteiger partial charge >= 0.3 is 0 Å². The summed E-state index contributed by atoms with van der Waals surface area (Å²) in [5, 5.41) is 12.8. The lowest BCUT2D eigenvalue weighted by atomic mass is 10.1. The molecule has 1 aliphatic carbocycles. The standard InChI is InChI=1S/C17H23FN2O2/c1-11-5-6-12(18)9-14(11)17(22)19-15-3-2-4-16(15)20-8-7-13(21)10-20/h5-6,9,13,15-16,21H,2-4,7-8,10H2,1H3,(H,19,22)/t13?,15-,16+/m1/s1. The van der Waals surface area contributed by atoms with Crippen LogP contribution in [0.1, 0.15) is 41.6 Å². The molecule has 1 saturated heterocycles. The number of likely N-dealkylation sites (tertiary alicyclic amines) is 1. The van der Waals surface area contributed by atoms with Crippen molar-refractivity contribution in [3.8, 4) is 0 Å². The number of carbonyl (C=O) groups excluding carboxylic acids is 1. The Morgan fingerprint density at radius 1 is 1.36 bits per heavy atom. The van der Waals surface area contributed by atoms with Crippen LogP contribution in [0.3, 0.4) is 0 Å². The molecule has 22 heavy (non-hydrogen) atoms. The fourth-order valence-electron chi connectivity index (χ4n) is 3.70. The van der Waals surface area contributed by atoms with E-state index in [4.69, 9.17) is 0 Å². The third-order valence-electron chi connectivity index (χ3n) is 4.90. The zero-order valence-electron chi connectivity index (χ0n) is 12.9. The van der Waals surface area contributed by atoms with Gasteiger partial charge in [0.1, 0.15) is 5.82 Å². The molecule has 2 aliphatic rings. The van der Waals surface area contributed by atoms with E-state index in [1.54, 1.807) is 6.07 Å². The van der Waals surface area contributed by atoms with Gasteiger partial charge in [0, 0.05) is 30.7 Å². The molecule has 1 aliphatic heterocycles. The number of hydrogen-bond donors (Lipinski definition) is 2. The molecule has 3 atom stereocenters. The number of aliphatic hydroxyl groups excluding tert-OH is 1. The molecule has 0 bridgehead atoms. The van der Waals surface area contributed by atoms with Crippen LogP contribution in [0.15, 0.2) is 18.2 Å². The molecule has 5 heteroatoms. The van der Waals surface area contributed by atoms with Gasteiger partial charge in [-0.3, -0.25) is 9.69 Å². The predicted molar refractivity (Wildman–Crippen MR) is 82.2 cm³/mol. The van der Waals surface area contributed by atoms with Gasteiger partial charge < -0.3 is 10.4 Å². The van der Waals surface area contributed by atoms with E-state index in [1.807, 2.05) is 6.92 Å². The van der Waals surface area contributed by atoms with E-state index in [1.165, 1.54) is 12.1 Å². The molecule has 0 aromatic heterocycles. The Bertz CT molecular complexity index is 564. The number of rotatable bonds is 3. The first-order valence-corrected chi connectivity index (χ1v) is 8.03. The van der Waals surface area contributed by atoms with E-state index < -0.39 is 0 Å². The minimum absolute atomic E-state index is 0.0838. The molecule has 1 aromatic carbocycles. The zero-order chi connectivity index (χ0) is 15.7. The second-order valence-corrected chi connectivity index (χ2v) is 6.47. The highest BCUT2D eigenvalue weighted by molar-refractivity contribution is 5.95. The highest BCUT2D eigenvalue weighted by Crippen LogP contribution is 2.27. The lowest BCUT2D eigenvalue weighted by Crippen LogP contribution is -2.48. The van der Waals surface area contributed by atoms with Crippen LogP contribution in [0.25, 0.3) is 0 Å². The van der Waals surface area contributed by atoms with E-state index in [2.05, 4.69) is 10.2 Å². The van der Waals surface area contributed by atoms with E-state index in [9.17, 15) is 14.3 Å². The summed E-state index contributed by atoms with van der Waals surface area (Å²) in [6.45, 7) is 3.39. The Morgan fingerprint density at radius 2 is 2.18 bits per heavy atom. The quantitative estimate of drug-likeness (QED) is 0.896. The summed E-state index contributed by atoms with van der Waals surface area (Å²) < 4.78 is 13.4. The van der Waals surface area contributed by atoms with Crippen LogP contribution < -0.4 is 5.32 Å². The monoisotopic (exact) mass is 306 g/mol. The highest BCUT2D eigenvalue weighted by atomic mass is 19.1. The number of hydrogen-bond acceptors (Lipinski definition) is 3. The van der Waals surface area contributed by atoms with E-state index >= 15 is 0 Å². The molecule has 0 radical (unpaired) electrons. The number of aliphatic hydroxyl groups is 1. The molecule has 1 heterocycles. The maximum Gasteiger partial charge on any atom is 0.251 e. The summed E-state index contributed by atoms with van der Waals surface area (Å²) in [6, 6.07) is 4.67. The third kappa shape index (κ3) is 3.15. The summed E-state index contributed by atoms with van der Waals surface area (Å²) in [4.78, 5) is 14.7. The van der Waals surface area contributed by atoms with Crippen molar-refractivity contribution in [2.75, 3.05) is 13.1 Å². The maximum absolute atomic E-state index is 13.4. The smallest absolute Gasteiger partial charge is 0.251 e. The second kappa shape index (κ2) is 6.34. The fourth-order valence-corrected chi connectivity index (χ4v) is 3.70. The van der Waals surface area contributed by atoms with Gasteiger partial charge in [0.2, 0.25) is 0 Å². The second-order valence-electron chi connectivity index (χ2n) is 6.47. The molecule has 1 saturated carbocycles. The largest absolute Gasteiger partial charge is 0.392 e. The van der Waals surface area contributed by atoms with Crippen molar-refractivity contribution in [3.05, 3.63) is 35.1 Å². The van der Waals surface area contributed by atoms with Gasteiger partial charge in [-0.15, -0.1) is 0 Å². The normalized spacial score (nSPS) is 29.0. The lowest BCUT2D eigenvalue weighted by molar-refractivity contribution is 0.0904. The number of halogens is 1. The molecule has 4 nitrogen and oxygen atoms in total. The molecular weight excluding hydrogens is 283 g/mol. The first-order valence-electron chi connectivity index (χ1n) is 8.03. The Hall–Kier alpha value is -1.46. The molecule has 0 spiro atoms. The average molecular weight is 306 g/mol. The van der Waals surface area contributed by atoms with Crippen LogP contribution in [-0.4, -0.2) is 47.2 Å². The van der Waals surface area contributed by atoms with Gasteiger partial charge in [0.05, 0.1) is 6.10 Å². The number of β-amino-alcohol motifs (C(OH)–C–C–N with tert-alkyl or cyclic N) is 1. The summed E-state index contributed by atoms with van der Waals surface area (Å²) in [5.41, 5.74) is 1.19. The van der Waals surface area contributed by atoms with E-state index in [-0.39, 0.29) is 29.9 Å². The van der Waals surface area contributed by atoms with Crippen molar-refractivity contribution in [2.45, 2.75) is 50.8 Å². The van der Waals surface area contributed by atoms with Crippen LogP contribution >= 0.6 is 0 Å². The Balaban J connectivity index is 1.69. The van der Waals surface area contributed by atoms with Crippen molar-refractivity contribution in [3.63, 3.8) is 0 Å². The number of nitrogens with zero attached hydrogens (tertiary/aromatic N) is 1. The minimum atomic E-state index is -0.388. The highest BCUT2D eigenvalue weighted by Gasteiger charge is 2.36. The first-order chi connectivity index (χ1) is 10.5. The van der Waals surface area contributed by atoms with Crippen LogP contribution in [-0.2, 0) is 0 Å². The minimum Gasteiger partial charge on any atom is -0.392 e. The molecule has 1 aromatic rings. The molecule has 2 fully saturated rings. The molecular formula is C17H23FN2O2. The summed E-state index contributed by atoms with van der Waals surface area (Å²) in [5.74, 6) is -0.588. The predicted octanol–water partition coefficient (Wildman–Crippen LogP) is 1.85. The number of nitrogens with one attached hydrogen (secondary N) is 1. The molecule has 120 valence electrons. The van der Waals surface area contributed by atoms with E-state index in [0.29, 0.717) is 12.1 Å². The SMILES string of the molecule is Cc1ccc(F)cc1C(=O)N[C@@H]1CCC[C@@H]1N1CCC(O)C1. The van der Waals surface area contributed by atoms with Gasteiger partial charge in [-0.2, -0.15) is 0 Å². The third-order valence-corrected chi connectivity index (χ3v) is 4.90. The van der Waals surface area contributed by atoms with Crippen LogP contribution in [0.2, 0.25) is 0 Å². The Kier molecular flexibility index (Phi) is 4.45. The van der Waals surface area contributed by atoms with Crippen LogP contribution in [0, 0.1) is 12.7 Å². The average Bonchev–Trinajstić information content (AvgIpc) is 3.10. The van der Waals surface area contributed by atoms with Gasteiger partial charge in [0.15, 0.2) is 0 Å². The first kappa shape index (κ1) is 15.4. The van der Waals surface area contributed by atoms with Crippen molar-refractivity contribution in [1.29, 1.82) is 0 Å². The van der Waals surface area contributed by atoms with Crippen molar-refractivity contribution < 1.29 is 14.3 Å². The summed E-state index contributed by atoms with van der Waals surface area (Å²) in [7, 11) is 0. The molecule has 3 rings (SSSR count). The molecule has 1 unspecified atom stereocenters. The van der Waals surface area contributed by atoms with Crippen molar-refractivity contribution in [2.24, 2.45) is 0 Å². The maximum atomic E-state index is 13.4. The Labute approximate surface area is 130 Å². The lowest BCUT2D eigenvalue weighted by Gasteiger charge is -2.30. The summed E-state index contributed by atoms with van der Waals surface area (Å²) >= 11 is 0. The zero-order valence-corrected chi connectivity index (χ0v) is 12.9. The number of carbonyl (C=O) groups is 1. The van der Waals surface area contributed by atoms with Crippen LogP contribution in [0.5, 0.6) is 0 Å². The molecule has 2 N–H and O–H groups in total. The van der Waals surface area contributed by atoms with Crippen molar-refractivity contribution in [1.82, 2.24) is 10.2 Å². The van der Waals surface area contributed by atoms with Gasteiger partial charge in [0.25, 0.3) is 5.91 Å². The number of aryl methyl sites for hydroxylation is 1. The van der Waals surface area contributed by atoms with Crippen LogP contribution in [0.4, 0.5) is 4.39 Å². The van der Waals surface area contributed by atoms with Gasteiger partial charge in [-0.1, -0.05) is 6.07 Å². The molecule has 1 amide bonds. The number of amides is 1. The topological polar surface area (TPSA) is 52.6 Å². The Morgan fingerprint density at radius 3 is 2.91 bits per heavy atom.